The maximum atomic E-state index is 12.5. The predicted molar refractivity (Wildman–Crippen MR) is 104 cm³/mol. The molecule has 0 saturated heterocycles. The molecular weight excluding hydrogens is 366 g/mol. The number of carbonyl (C=O) groups is 2. The van der Waals surface area contributed by atoms with Crippen LogP contribution in [0.3, 0.4) is 0 Å². The van der Waals surface area contributed by atoms with Gasteiger partial charge in [-0.15, -0.1) is 0 Å². The van der Waals surface area contributed by atoms with Crippen molar-refractivity contribution < 1.29 is 18.0 Å². The lowest BCUT2D eigenvalue weighted by Crippen LogP contribution is -2.45. The van der Waals surface area contributed by atoms with E-state index in [4.69, 9.17) is 0 Å². The molecule has 0 heterocycles. The first-order valence-electron chi connectivity index (χ1n) is 8.44. The van der Waals surface area contributed by atoms with Crippen molar-refractivity contribution >= 4 is 27.5 Å². The van der Waals surface area contributed by atoms with Crippen LogP contribution in [0.4, 0.5) is 5.69 Å². The highest BCUT2D eigenvalue weighted by molar-refractivity contribution is 7.89. The maximum absolute atomic E-state index is 12.5. The molecule has 0 saturated carbocycles. The standard InChI is InChI=1S/C19H23N3O4S/c1-13(16-7-5-4-6-8-16)20-19(24)14(2)22-27(25,26)18-11-9-17(10-12-18)21-15(3)23/h4-14,22H,1-3H3,(H,20,24)(H,21,23)/t13-,14-/m0/s1. The number of carbonyl (C=O) groups excluding carboxylic acids is 2. The van der Waals surface area contributed by atoms with Crippen LogP contribution in [0.25, 0.3) is 0 Å². The second kappa shape index (κ2) is 8.79. The zero-order valence-corrected chi connectivity index (χ0v) is 16.2. The zero-order valence-electron chi connectivity index (χ0n) is 15.4. The van der Waals surface area contributed by atoms with Gasteiger partial charge in [0.25, 0.3) is 0 Å². The first-order valence-corrected chi connectivity index (χ1v) is 9.92. The Morgan fingerprint density at radius 2 is 1.52 bits per heavy atom. The Balaban J connectivity index is 2.01. The molecule has 0 spiro atoms. The molecule has 0 fully saturated rings. The molecule has 2 rings (SSSR count). The molecule has 3 N–H and O–H groups in total. The van der Waals surface area contributed by atoms with Crippen LogP contribution in [0.2, 0.25) is 0 Å². The topological polar surface area (TPSA) is 104 Å². The highest BCUT2D eigenvalue weighted by atomic mass is 32.2. The van der Waals surface area contributed by atoms with Crippen LogP contribution in [0, 0.1) is 0 Å². The van der Waals surface area contributed by atoms with Gasteiger partial charge in [0.05, 0.1) is 17.0 Å². The molecule has 0 bridgehead atoms. The van der Waals surface area contributed by atoms with Gasteiger partial charge < -0.3 is 10.6 Å². The molecule has 2 atom stereocenters. The summed E-state index contributed by atoms with van der Waals surface area (Å²) in [5, 5.41) is 5.35. The smallest absolute Gasteiger partial charge is 0.241 e. The molecule has 0 aromatic heterocycles. The first-order chi connectivity index (χ1) is 12.7. The summed E-state index contributed by atoms with van der Waals surface area (Å²) in [6, 6.07) is 13.9. The molecular formula is C19H23N3O4S. The molecule has 2 aromatic carbocycles. The lowest BCUT2D eigenvalue weighted by molar-refractivity contribution is -0.123. The zero-order chi connectivity index (χ0) is 20.0. The van der Waals surface area contributed by atoms with E-state index in [2.05, 4.69) is 15.4 Å². The second-order valence-corrected chi connectivity index (χ2v) is 7.90. The monoisotopic (exact) mass is 389 g/mol. The van der Waals surface area contributed by atoms with Crippen LogP contribution < -0.4 is 15.4 Å². The molecule has 2 aromatic rings. The molecule has 8 heteroatoms. The van der Waals surface area contributed by atoms with Crippen LogP contribution in [0.5, 0.6) is 0 Å². The minimum absolute atomic E-state index is 0.00681. The Labute approximate surface area is 159 Å². The van der Waals surface area contributed by atoms with E-state index in [0.717, 1.165) is 5.56 Å². The summed E-state index contributed by atoms with van der Waals surface area (Å²) in [6.45, 7) is 4.68. The molecule has 27 heavy (non-hydrogen) atoms. The molecule has 0 unspecified atom stereocenters. The Kier molecular flexibility index (Phi) is 6.70. The molecule has 2 amide bonds. The average Bonchev–Trinajstić information content (AvgIpc) is 2.62. The van der Waals surface area contributed by atoms with Crippen molar-refractivity contribution in [2.75, 3.05) is 5.32 Å². The van der Waals surface area contributed by atoms with Crippen molar-refractivity contribution in [3.63, 3.8) is 0 Å². The van der Waals surface area contributed by atoms with Crippen LogP contribution >= 0.6 is 0 Å². The summed E-state index contributed by atoms with van der Waals surface area (Å²) in [5.74, 6) is -0.675. The van der Waals surface area contributed by atoms with Crippen LogP contribution in [-0.4, -0.2) is 26.3 Å². The lowest BCUT2D eigenvalue weighted by atomic mass is 10.1. The molecule has 0 aliphatic heterocycles. The Bertz CT molecular complexity index is 896. The van der Waals surface area contributed by atoms with Gasteiger partial charge in [-0.1, -0.05) is 30.3 Å². The summed E-state index contributed by atoms with van der Waals surface area (Å²) >= 11 is 0. The number of hydrogen-bond donors (Lipinski definition) is 3. The third-order valence-electron chi connectivity index (χ3n) is 3.87. The minimum Gasteiger partial charge on any atom is -0.348 e. The maximum Gasteiger partial charge on any atom is 0.241 e. The normalized spacial score (nSPS) is 13.4. The molecule has 7 nitrogen and oxygen atoms in total. The van der Waals surface area contributed by atoms with Gasteiger partial charge in [-0.25, -0.2) is 8.42 Å². The summed E-state index contributed by atoms with van der Waals surface area (Å²) < 4.78 is 27.3. The van der Waals surface area contributed by atoms with Gasteiger partial charge >= 0.3 is 0 Å². The fraction of sp³-hybridized carbons (Fsp3) is 0.263. The third kappa shape index (κ3) is 5.90. The van der Waals surface area contributed by atoms with Crippen molar-refractivity contribution in [1.82, 2.24) is 10.0 Å². The van der Waals surface area contributed by atoms with E-state index in [1.54, 1.807) is 0 Å². The van der Waals surface area contributed by atoms with E-state index in [9.17, 15) is 18.0 Å². The van der Waals surface area contributed by atoms with Gasteiger partial charge in [0.1, 0.15) is 0 Å². The van der Waals surface area contributed by atoms with Gasteiger partial charge in [0, 0.05) is 12.6 Å². The number of amides is 2. The predicted octanol–water partition coefficient (Wildman–Crippen LogP) is 2.19. The summed E-state index contributed by atoms with van der Waals surface area (Å²) in [7, 11) is -3.87. The highest BCUT2D eigenvalue weighted by Gasteiger charge is 2.23. The summed E-state index contributed by atoms with van der Waals surface area (Å²) in [5.41, 5.74) is 1.42. The quantitative estimate of drug-likeness (QED) is 0.675. The van der Waals surface area contributed by atoms with Crippen molar-refractivity contribution in [2.45, 2.75) is 37.8 Å². The van der Waals surface area contributed by atoms with Crippen LogP contribution in [0.1, 0.15) is 32.4 Å². The SMILES string of the molecule is CC(=O)Nc1ccc(S(=O)(=O)N[C@@H](C)C(=O)N[C@@H](C)c2ccccc2)cc1. The van der Waals surface area contributed by atoms with Crippen molar-refractivity contribution in [1.29, 1.82) is 0 Å². The van der Waals surface area contributed by atoms with E-state index < -0.39 is 22.0 Å². The van der Waals surface area contributed by atoms with Gasteiger partial charge in [-0.05, 0) is 43.7 Å². The number of sulfonamides is 1. The Hall–Kier alpha value is -2.71. The van der Waals surface area contributed by atoms with Gasteiger partial charge in [0.2, 0.25) is 21.8 Å². The van der Waals surface area contributed by atoms with E-state index in [1.165, 1.54) is 38.1 Å². The van der Waals surface area contributed by atoms with Gasteiger partial charge in [0.15, 0.2) is 0 Å². The molecule has 144 valence electrons. The van der Waals surface area contributed by atoms with Gasteiger partial charge in [-0.3, -0.25) is 9.59 Å². The number of nitrogens with one attached hydrogen (secondary N) is 3. The molecule has 0 aliphatic rings. The van der Waals surface area contributed by atoms with Crippen LogP contribution in [-0.2, 0) is 19.6 Å². The number of anilines is 1. The number of rotatable bonds is 7. The van der Waals surface area contributed by atoms with E-state index in [-0.39, 0.29) is 16.8 Å². The molecule has 0 aliphatic carbocycles. The Morgan fingerprint density at radius 1 is 0.926 bits per heavy atom. The summed E-state index contributed by atoms with van der Waals surface area (Å²) in [4.78, 5) is 23.4. The van der Waals surface area contributed by atoms with Crippen molar-refractivity contribution in [2.24, 2.45) is 0 Å². The second-order valence-electron chi connectivity index (χ2n) is 6.19. The fourth-order valence-corrected chi connectivity index (χ4v) is 3.64. The van der Waals surface area contributed by atoms with E-state index in [1.807, 2.05) is 37.3 Å². The fourth-order valence-electron chi connectivity index (χ4n) is 2.44. The van der Waals surface area contributed by atoms with E-state index in [0.29, 0.717) is 5.69 Å². The average molecular weight is 389 g/mol. The number of benzene rings is 2. The Morgan fingerprint density at radius 3 is 2.07 bits per heavy atom. The van der Waals surface area contributed by atoms with Crippen LogP contribution in [0.15, 0.2) is 59.5 Å². The summed E-state index contributed by atoms with van der Waals surface area (Å²) in [6.07, 6.45) is 0. The lowest BCUT2D eigenvalue weighted by Gasteiger charge is -2.19. The van der Waals surface area contributed by atoms with Crippen molar-refractivity contribution in [3.05, 3.63) is 60.2 Å². The minimum atomic E-state index is -3.87. The van der Waals surface area contributed by atoms with E-state index >= 15 is 0 Å². The van der Waals surface area contributed by atoms with Gasteiger partial charge in [-0.2, -0.15) is 4.72 Å². The number of hydrogen-bond acceptors (Lipinski definition) is 4. The largest absolute Gasteiger partial charge is 0.348 e. The third-order valence-corrected chi connectivity index (χ3v) is 5.43. The molecule has 0 radical (unpaired) electrons. The first kappa shape index (κ1) is 20.6. The van der Waals surface area contributed by atoms with Crippen molar-refractivity contribution in [3.8, 4) is 0 Å². The highest BCUT2D eigenvalue weighted by Crippen LogP contribution is 2.15.